The minimum Gasteiger partial charge on any atom is -0.369 e. The summed E-state index contributed by atoms with van der Waals surface area (Å²) in [6.45, 7) is 2.98. The minimum absolute atomic E-state index is 0.218. The fraction of sp³-hybridized carbons (Fsp3) is 0.700. The molecule has 1 fully saturated rings. The van der Waals surface area contributed by atoms with E-state index in [9.17, 15) is 4.79 Å². The number of carbonyl (C=O) groups is 1. The molecule has 0 atom stereocenters. The first-order chi connectivity index (χ1) is 7.22. The maximum atomic E-state index is 10.9. The van der Waals surface area contributed by atoms with E-state index in [1.54, 1.807) is 0 Å². The van der Waals surface area contributed by atoms with Gasteiger partial charge in [-0.15, -0.1) is 5.10 Å². The third kappa shape index (κ3) is 2.16. The summed E-state index contributed by atoms with van der Waals surface area (Å²) in [6, 6.07) is 0. The lowest BCUT2D eigenvalue weighted by molar-refractivity contribution is -0.117. The van der Waals surface area contributed by atoms with Gasteiger partial charge in [-0.1, -0.05) is 12.1 Å². The Balaban J connectivity index is 2.24. The summed E-state index contributed by atoms with van der Waals surface area (Å²) in [5.41, 5.74) is 7.09. The Bertz CT molecular complexity index is 367. The number of aromatic nitrogens is 3. The van der Waals surface area contributed by atoms with Crippen molar-refractivity contribution in [3.63, 3.8) is 0 Å². The van der Waals surface area contributed by atoms with Crippen LogP contribution < -0.4 is 5.73 Å². The average Bonchev–Trinajstić information content (AvgIpc) is 2.92. The summed E-state index contributed by atoms with van der Waals surface area (Å²) < 4.78 is 1.93. The number of aryl methyl sites for hydroxylation is 1. The van der Waals surface area contributed by atoms with E-state index in [0.29, 0.717) is 5.92 Å². The molecule has 0 radical (unpaired) electrons. The zero-order chi connectivity index (χ0) is 10.8. The Hall–Kier alpha value is -1.39. The van der Waals surface area contributed by atoms with Crippen LogP contribution in [0.2, 0.25) is 0 Å². The predicted molar refractivity (Wildman–Crippen MR) is 55.2 cm³/mol. The molecule has 0 aromatic carbocycles. The summed E-state index contributed by atoms with van der Waals surface area (Å²) in [6.07, 6.45) is 3.61. The van der Waals surface area contributed by atoms with E-state index < -0.39 is 0 Å². The predicted octanol–water partition coefficient (Wildman–Crippen LogP) is 0.593. The van der Waals surface area contributed by atoms with Crippen LogP contribution in [0.4, 0.5) is 0 Å². The molecule has 15 heavy (non-hydrogen) atoms. The van der Waals surface area contributed by atoms with Crippen LogP contribution in [0.1, 0.15) is 43.5 Å². The highest BCUT2D eigenvalue weighted by atomic mass is 16.1. The van der Waals surface area contributed by atoms with Gasteiger partial charge in [0.25, 0.3) is 0 Å². The lowest BCUT2D eigenvalue weighted by Gasteiger charge is -2.04. The molecule has 1 heterocycles. The SMILES string of the molecule is CCCn1nnc(CC(N)=O)c1C1CC1. The van der Waals surface area contributed by atoms with Crippen LogP contribution in [0.5, 0.6) is 0 Å². The third-order valence-electron chi connectivity index (χ3n) is 2.59. The van der Waals surface area contributed by atoms with Crippen LogP contribution in [0.3, 0.4) is 0 Å². The molecule has 0 spiro atoms. The van der Waals surface area contributed by atoms with Gasteiger partial charge in [-0.2, -0.15) is 0 Å². The van der Waals surface area contributed by atoms with Crippen LogP contribution in [0.15, 0.2) is 0 Å². The molecular weight excluding hydrogens is 192 g/mol. The number of hydrogen-bond acceptors (Lipinski definition) is 3. The lowest BCUT2D eigenvalue weighted by Crippen LogP contribution is -2.15. The van der Waals surface area contributed by atoms with Crippen LogP contribution in [0.25, 0.3) is 0 Å². The second kappa shape index (κ2) is 4.00. The highest BCUT2D eigenvalue weighted by Gasteiger charge is 2.31. The molecular formula is C10H16N4O. The smallest absolute Gasteiger partial charge is 0.223 e. The van der Waals surface area contributed by atoms with E-state index in [-0.39, 0.29) is 12.3 Å². The Labute approximate surface area is 88.6 Å². The first kappa shape index (κ1) is 10.1. The van der Waals surface area contributed by atoms with Crippen molar-refractivity contribution in [3.8, 4) is 0 Å². The van der Waals surface area contributed by atoms with E-state index in [0.717, 1.165) is 24.4 Å². The number of carbonyl (C=O) groups excluding carboxylic acids is 1. The molecule has 1 amide bonds. The fourth-order valence-corrected chi connectivity index (χ4v) is 1.83. The molecule has 0 saturated heterocycles. The topological polar surface area (TPSA) is 73.8 Å². The zero-order valence-electron chi connectivity index (χ0n) is 8.94. The van der Waals surface area contributed by atoms with E-state index in [4.69, 9.17) is 5.73 Å². The molecule has 1 saturated carbocycles. The van der Waals surface area contributed by atoms with Crippen LogP contribution in [-0.2, 0) is 17.8 Å². The van der Waals surface area contributed by atoms with Gasteiger partial charge in [-0.25, -0.2) is 4.68 Å². The number of hydrogen-bond donors (Lipinski definition) is 1. The van der Waals surface area contributed by atoms with Crippen molar-refractivity contribution in [1.29, 1.82) is 0 Å². The van der Waals surface area contributed by atoms with Gasteiger partial charge in [-0.3, -0.25) is 4.79 Å². The molecule has 1 aromatic rings. The summed E-state index contributed by atoms with van der Waals surface area (Å²) >= 11 is 0. The van der Waals surface area contributed by atoms with Crippen LogP contribution in [-0.4, -0.2) is 20.9 Å². The van der Waals surface area contributed by atoms with E-state index in [1.807, 2.05) is 4.68 Å². The first-order valence-electron chi connectivity index (χ1n) is 5.43. The average molecular weight is 208 g/mol. The number of nitrogens with two attached hydrogens (primary N) is 1. The Morgan fingerprint density at radius 2 is 2.33 bits per heavy atom. The van der Waals surface area contributed by atoms with Gasteiger partial charge in [0.15, 0.2) is 0 Å². The van der Waals surface area contributed by atoms with Gasteiger partial charge in [0.1, 0.15) is 0 Å². The molecule has 0 bridgehead atoms. The van der Waals surface area contributed by atoms with Gasteiger partial charge in [0, 0.05) is 12.5 Å². The molecule has 0 unspecified atom stereocenters. The van der Waals surface area contributed by atoms with Gasteiger partial charge in [0.05, 0.1) is 17.8 Å². The van der Waals surface area contributed by atoms with Gasteiger partial charge >= 0.3 is 0 Å². The monoisotopic (exact) mass is 208 g/mol. The highest BCUT2D eigenvalue weighted by Crippen LogP contribution is 2.41. The molecule has 0 aliphatic heterocycles. The molecule has 82 valence electrons. The molecule has 2 rings (SSSR count). The third-order valence-corrected chi connectivity index (χ3v) is 2.59. The quantitative estimate of drug-likeness (QED) is 0.769. The molecule has 2 N–H and O–H groups in total. The molecule has 5 heteroatoms. The van der Waals surface area contributed by atoms with E-state index in [2.05, 4.69) is 17.2 Å². The zero-order valence-corrected chi connectivity index (χ0v) is 8.94. The summed E-state index contributed by atoms with van der Waals surface area (Å²) in [5, 5.41) is 8.13. The largest absolute Gasteiger partial charge is 0.369 e. The van der Waals surface area contributed by atoms with E-state index >= 15 is 0 Å². The Kier molecular flexibility index (Phi) is 2.70. The second-order valence-electron chi connectivity index (χ2n) is 4.06. The van der Waals surface area contributed by atoms with Crippen molar-refractivity contribution >= 4 is 5.91 Å². The number of amides is 1. The van der Waals surface area contributed by atoms with Gasteiger partial charge in [0.2, 0.25) is 5.91 Å². The normalized spacial score (nSPS) is 15.5. The summed E-state index contributed by atoms with van der Waals surface area (Å²) in [5.74, 6) is 0.223. The maximum absolute atomic E-state index is 10.9. The van der Waals surface area contributed by atoms with Crippen molar-refractivity contribution in [3.05, 3.63) is 11.4 Å². The first-order valence-corrected chi connectivity index (χ1v) is 5.43. The second-order valence-corrected chi connectivity index (χ2v) is 4.06. The van der Waals surface area contributed by atoms with Crippen LogP contribution in [0, 0.1) is 0 Å². The maximum Gasteiger partial charge on any atom is 0.223 e. The van der Waals surface area contributed by atoms with Crippen molar-refractivity contribution < 1.29 is 4.79 Å². The van der Waals surface area contributed by atoms with Crippen molar-refractivity contribution in [2.75, 3.05) is 0 Å². The number of primary amides is 1. The fourth-order valence-electron chi connectivity index (χ4n) is 1.83. The van der Waals surface area contributed by atoms with Crippen molar-refractivity contribution in [1.82, 2.24) is 15.0 Å². The van der Waals surface area contributed by atoms with Crippen molar-refractivity contribution in [2.24, 2.45) is 5.73 Å². The minimum atomic E-state index is -0.333. The van der Waals surface area contributed by atoms with Gasteiger partial charge in [-0.05, 0) is 19.3 Å². The number of nitrogens with zero attached hydrogens (tertiary/aromatic N) is 3. The summed E-state index contributed by atoms with van der Waals surface area (Å²) in [4.78, 5) is 10.9. The Morgan fingerprint density at radius 3 is 2.87 bits per heavy atom. The molecule has 1 aromatic heterocycles. The van der Waals surface area contributed by atoms with Crippen molar-refractivity contribution in [2.45, 2.75) is 45.1 Å². The Morgan fingerprint density at radius 1 is 1.60 bits per heavy atom. The highest BCUT2D eigenvalue weighted by molar-refractivity contribution is 5.76. The van der Waals surface area contributed by atoms with Gasteiger partial charge < -0.3 is 5.73 Å². The summed E-state index contributed by atoms with van der Waals surface area (Å²) in [7, 11) is 0. The van der Waals surface area contributed by atoms with Crippen LogP contribution >= 0.6 is 0 Å². The standard InChI is InChI=1S/C10H16N4O/c1-2-5-14-10(7-3-4-7)8(12-13-14)6-9(11)15/h7H,2-6H2,1H3,(H2,11,15). The number of rotatable bonds is 5. The molecule has 1 aliphatic carbocycles. The lowest BCUT2D eigenvalue weighted by atomic mass is 10.1. The molecule has 5 nitrogen and oxygen atoms in total. The van der Waals surface area contributed by atoms with E-state index in [1.165, 1.54) is 12.8 Å². The molecule has 1 aliphatic rings.